The molecule has 0 amide bonds. The van der Waals surface area contributed by atoms with Crippen LogP contribution >= 0.6 is 23.1 Å². The summed E-state index contributed by atoms with van der Waals surface area (Å²) in [7, 11) is 0. The molecule has 0 fully saturated rings. The minimum Gasteiger partial charge on any atom is -0.255 e. The van der Waals surface area contributed by atoms with Crippen LogP contribution in [-0.4, -0.2) is 16.6 Å². The molecule has 0 aliphatic carbocycles. The fraction of sp³-hybridized carbons (Fsp3) is 0.250. The fourth-order valence-corrected chi connectivity index (χ4v) is 3.94. The van der Waals surface area contributed by atoms with Gasteiger partial charge in [-0.15, -0.1) is 11.3 Å². The first-order valence-electron chi connectivity index (χ1n) is 6.80. The number of hydrogen-bond donors (Lipinski definition) is 1. The Balaban J connectivity index is 1.81. The predicted octanol–water partition coefficient (Wildman–Crippen LogP) is 4.40. The molecule has 0 bridgehead atoms. The molecule has 2 heterocycles. The van der Waals surface area contributed by atoms with Gasteiger partial charge in [0.2, 0.25) is 0 Å². The number of aliphatic imine (C=N–C) groups is 1. The molecule has 0 unspecified atom stereocenters. The first-order chi connectivity index (χ1) is 10.1. The van der Waals surface area contributed by atoms with Crippen molar-refractivity contribution >= 4 is 39.7 Å². The first-order valence-corrected chi connectivity index (χ1v) is 8.61. The smallest absolute Gasteiger partial charge is 0.182 e. The molecule has 108 valence electrons. The maximum Gasteiger partial charge on any atom is 0.182 e. The van der Waals surface area contributed by atoms with Gasteiger partial charge in [0.1, 0.15) is 0 Å². The predicted molar refractivity (Wildman–Crippen MR) is 94.2 cm³/mol. The molecule has 3 rings (SSSR count). The zero-order valence-corrected chi connectivity index (χ0v) is 13.9. The quantitative estimate of drug-likeness (QED) is 0.891. The van der Waals surface area contributed by atoms with E-state index in [1.165, 1.54) is 20.9 Å². The van der Waals surface area contributed by atoms with Crippen molar-refractivity contribution < 1.29 is 0 Å². The number of amidine groups is 1. The minimum absolute atomic E-state index is 0.856. The van der Waals surface area contributed by atoms with Crippen LogP contribution in [0, 0.1) is 20.8 Å². The Morgan fingerprint density at radius 1 is 1.19 bits per heavy atom. The Bertz CT molecular complexity index is 729. The van der Waals surface area contributed by atoms with Gasteiger partial charge in [-0.3, -0.25) is 5.43 Å². The molecule has 1 N–H and O–H groups in total. The lowest BCUT2D eigenvalue weighted by Crippen LogP contribution is -2.25. The molecular weight excluding hydrogens is 298 g/mol. The van der Waals surface area contributed by atoms with Crippen molar-refractivity contribution in [1.29, 1.82) is 0 Å². The van der Waals surface area contributed by atoms with Crippen LogP contribution in [0.5, 0.6) is 0 Å². The van der Waals surface area contributed by atoms with Crippen molar-refractivity contribution in [3.05, 3.63) is 51.2 Å². The van der Waals surface area contributed by atoms with E-state index in [1.807, 2.05) is 29.5 Å². The summed E-state index contributed by atoms with van der Waals surface area (Å²) in [5.41, 5.74) is 7.61. The lowest BCUT2D eigenvalue weighted by molar-refractivity contribution is 1.03. The van der Waals surface area contributed by atoms with Gasteiger partial charge in [-0.25, -0.2) is 4.99 Å². The monoisotopic (exact) mass is 315 g/mol. The molecule has 0 saturated carbocycles. The van der Waals surface area contributed by atoms with E-state index in [2.05, 4.69) is 48.4 Å². The van der Waals surface area contributed by atoms with E-state index >= 15 is 0 Å². The Morgan fingerprint density at radius 3 is 2.62 bits per heavy atom. The number of hydrogen-bond acceptors (Lipinski definition) is 4. The molecule has 0 radical (unpaired) electrons. The normalized spacial score (nSPS) is 16.7. The third-order valence-electron chi connectivity index (χ3n) is 3.32. The summed E-state index contributed by atoms with van der Waals surface area (Å²) >= 11 is 3.52. The summed E-state index contributed by atoms with van der Waals surface area (Å²) in [5, 5.41) is 5.36. The number of nitrogens with zero attached hydrogens (tertiary/aromatic N) is 2. The summed E-state index contributed by atoms with van der Waals surface area (Å²) in [4.78, 5) is 7.29. The summed E-state index contributed by atoms with van der Waals surface area (Å²) in [6.07, 6.45) is 0. The fourth-order valence-electron chi connectivity index (χ4n) is 2.23. The maximum absolute atomic E-state index is 4.64. The minimum atomic E-state index is 0.856. The molecule has 1 aliphatic rings. The number of thiophene rings is 1. The average molecular weight is 315 g/mol. The lowest BCUT2D eigenvalue weighted by Gasteiger charge is -2.15. The van der Waals surface area contributed by atoms with Gasteiger partial charge in [0.05, 0.1) is 11.4 Å². The lowest BCUT2D eigenvalue weighted by atomic mass is 10.2. The second-order valence-corrected chi connectivity index (χ2v) is 7.41. The Kier molecular flexibility index (Phi) is 4.12. The van der Waals surface area contributed by atoms with Gasteiger partial charge in [0, 0.05) is 21.1 Å². The second-order valence-electron chi connectivity index (χ2n) is 4.99. The molecule has 21 heavy (non-hydrogen) atoms. The molecular formula is C16H17N3S2. The molecule has 5 heteroatoms. The van der Waals surface area contributed by atoms with Gasteiger partial charge in [-0.2, -0.15) is 5.10 Å². The highest BCUT2D eigenvalue weighted by Crippen LogP contribution is 2.25. The van der Waals surface area contributed by atoms with Gasteiger partial charge in [0.25, 0.3) is 0 Å². The highest BCUT2D eigenvalue weighted by molar-refractivity contribution is 8.14. The number of hydrazone groups is 1. The number of nitrogens with one attached hydrogen (secondary N) is 1. The third kappa shape index (κ3) is 3.19. The number of benzene rings is 1. The maximum atomic E-state index is 4.64. The van der Waals surface area contributed by atoms with Gasteiger partial charge >= 0.3 is 0 Å². The van der Waals surface area contributed by atoms with Crippen molar-refractivity contribution in [3.8, 4) is 0 Å². The standard InChI is InChI=1S/C16H17N3S2/c1-10-6-4-5-7-14(10)17-16-19-18-15(9-20-16)13-8-11(2)21-12(13)3/h4-8H,9H2,1-3H3,(H,17,19). The van der Waals surface area contributed by atoms with E-state index in [4.69, 9.17) is 0 Å². The Hall–Kier alpha value is -1.59. The first kappa shape index (κ1) is 14.4. The van der Waals surface area contributed by atoms with Crippen molar-refractivity contribution in [1.82, 2.24) is 5.43 Å². The summed E-state index contributed by atoms with van der Waals surface area (Å²) in [6.45, 7) is 6.35. The van der Waals surface area contributed by atoms with E-state index in [0.29, 0.717) is 0 Å². The molecule has 1 aromatic carbocycles. The molecule has 0 spiro atoms. The van der Waals surface area contributed by atoms with Gasteiger partial charge in [0.15, 0.2) is 5.17 Å². The van der Waals surface area contributed by atoms with Crippen LogP contribution in [0.1, 0.15) is 20.9 Å². The largest absolute Gasteiger partial charge is 0.255 e. The van der Waals surface area contributed by atoms with Crippen LogP contribution in [0.4, 0.5) is 5.69 Å². The Morgan fingerprint density at radius 2 is 2.00 bits per heavy atom. The van der Waals surface area contributed by atoms with Crippen molar-refractivity contribution in [2.45, 2.75) is 20.8 Å². The number of para-hydroxylation sites is 1. The zero-order valence-electron chi connectivity index (χ0n) is 12.3. The van der Waals surface area contributed by atoms with Crippen LogP contribution in [-0.2, 0) is 0 Å². The van der Waals surface area contributed by atoms with E-state index in [1.54, 1.807) is 11.8 Å². The molecule has 2 aromatic rings. The van der Waals surface area contributed by atoms with Crippen LogP contribution in [0.15, 0.2) is 40.4 Å². The summed E-state index contributed by atoms with van der Waals surface area (Å²) in [5.74, 6) is 0.856. The van der Waals surface area contributed by atoms with Crippen LogP contribution in [0.2, 0.25) is 0 Å². The van der Waals surface area contributed by atoms with Crippen LogP contribution in [0.25, 0.3) is 0 Å². The summed E-state index contributed by atoms with van der Waals surface area (Å²) < 4.78 is 0. The molecule has 0 saturated heterocycles. The van der Waals surface area contributed by atoms with Crippen molar-refractivity contribution in [3.63, 3.8) is 0 Å². The molecule has 1 aliphatic heterocycles. The van der Waals surface area contributed by atoms with Gasteiger partial charge in [-0.1, -0.05) is 30.0 Å². The second kappa shape index (κ2) is 6.03. The van der Waals surface area contributed by atoms with E-state index < -0.39 is 0 Å². The summed E-state index contributed by atoms with van der Waals surface area (Å²) in [6, 6.07) is 10.3. The number of thioether (sulfide) groups is 1. The molecule has 0 atom stereocenters. The molecule has 1 aromatic heterocycles. The van der Waals surface area contributed by atoms with Gasteiger partial charge < -0.3 is 0 Å². The molecule has 3 nitrogen and oxygen atoms in total. The number of rotatable bonds is 2. The SMILES string of the molecule is Cc1cc(C2=NNC(=Nc3ccccc3C)SC2)c(C)s1. The van der Waals surface area contributed by atoms with E-state index in [-0.39, 0.29) is 0 Å². The highest BCUT2D eigenvalue weighted by atomic mass is 32.2. The van der Waals surface area contributed by atoms with E-state index in [0.717, 1.165) is 22.3 Å². The third-order valence-corrected chi connectivity index (χ3v) is 5.16. The Labute approximate surface area is 133 Å². The number of aryl methyl sites for hydroxylation is 3. The zero-order chi connectivity index (χ0) is 14.8. The average Bonchev–Trinajstić information content (AvgIpc) is 2.81. The highest BCUT2D eigenvalue weighted by Gasteiger charge is 2.16. The topological polar surface area (TPSA) is 36.8 Å². The van der Waals surface area contributed by atoms with Crippen molar-refractivity contribution in [2.75, 3.05) is 5.75 Å². The van der Waals surface area contributed by atoms with Crippen LogP contribution < -0.4 is 5.43 Å². The van der Waals surface area contributed by atoms with Gasteiger partial charge in [-0.05, 0) is 38.5 Å². The van der Waals surface area contributed by atoms with Crippen molar-refractivity contribution in [2.24, 2.45) is 10.1 Å². The van der Waals surface area contributed by atoms with Crippen LogP contribution in [0.3, 0.4) is 0 Å². The van der Waals surface area contributed by atoms with E-state index in [9.17, 15) is 0 Å².